The molecule has 1 aromatic rings. The van der Waals surface area contributed by atoms with Crippen LogP contribution < -0.4 is 5.32 Å². The average molecular weight is 239 g/mol. The van der Waals surface area contributed by atoms with E-state index in [1.54, 1.807) is 6.07 Å². The smallest absolute Gasteiger partial charge is 0.159 e. The van der Waals surface area contributed by atoms with Crippen LogP contribution in [0.15, 0.2) is 18.2 Å². The Morgan fingerprint density at radius 2 is 1.94 bits per heavy atom. The molecule has 1 aromatic carbocycles. The van der Waals surface area contributed by atoms with Crippen molar-refractivity contribution < 1.29 is 8.78 Å². The molecule has 2 atom stereocenters. The maximum absolute atomic E-state index is 13.3. The van der Waals surface area contributed by atoms with Crippen molar-refractivity contribution in [2.75, 3.05) is 6.54 Å². The van der Waals surface area contributed by atoms with Gasteiger partial charge in [-0.2, -0.15) is 0 Å². The summed E-state index contributed by atoms with van der Waals surface area (Å²) in [5.41, 5.74) is 0.926. The van der Waals surface area contributed by atoms with Gasteiger partial charge < -0.3 is 5.32 Å². The molecule has 0 heterocycles. The Labute approximate surface area is 101 Å². The molecule has 1 aliphatic carbocycles. The highest BCUT2D eigenvalue weighted by Crippen LogP contribution is 2.33. The molecule has 3 heteroatoms. The van der Waals surface area contributed by atoms with Crippen LogP contribution in [-0.4, -0.2) is 12.6 Å². The minimum Gasteiger partial charge on any atom is -0.314 e. The Balaban J connectivity index is 2.20. The van der Waals surface area contributed by atoms with Gasteiger partial charge in [0.1, 0.15) is 0 Å². The number of hydrogen-bond donors (Lipinski definition) is 1. The van der Waals surface area contributed by atoms with Crippen molar-refractivity contribution in [2.45, 2.75) is 44.6 Å². The molecule has 0 spiro atoms. The molecule has 0 saturated heterocycles. The van der Waals surface area contributed by atoms with Crippen LogP contribution in [0.4, 0.5) is 8.78 Å². The lowest BCUT2D eigenvalue weighted by molar-refractivity contribution is 0.331. The first kappa shape index (κ1) is 12.5. The number of likely N-dealkylation sites (N-methyl/N-ethyl adjacent to an activating group) is 1. The Bertz CT molecular complexity index is 376. The Hall–Kier alpha value is -0.960. The van der Waals surface area contributed by atoms with Crippen LogP contribution in [-0.2, 0) is 0 Å². The maximum Gasteiger partial charge on any atom is 0.159 e. The van der Waals surface area contributed by atoms with Gasteiger partial charge in [-0.05, 0) is 43.0 Å². The van der Waals surface area contributed by atoms with E-state index < -0.39 is 11.6 Å². The minimum absolute atomic E-state index is 0.318. The van der Waals surface area contributed by atoms with Crippen LogP contribution in [0.3, 0.4) is 0 Å². The van der Waals surface area contributed by atoms with Crippen molar-refractivity contribution in [1.29, 1.82) is 0 Å². The summed E-state index contributed by atoms with van der Waals surface area (Å²) in [7, 11) is 0. The molecule has 0 bridgehead atoms. The van der Waals surface area contributed by atoms with Crippen LogP contribution in [0.25, 0.3) is 0 Å². The molecular weight excluding hydrogens is 220 g/mol. The van der Waals surface area contributed by atoms with Gasteiger partial charge in [0.15, 0.2) is 11.6 Å². The summed E-state index contributed by atoms with van der Waals surface area (Å²) in [4.78, 5) is 0. The highest BCUT2D eigenvalue weighted by molar-refractivity contribution is 5.24. The highest BCUT2D eigenvalue weighted by atomic mass is 19.2. The predicted molar refractivity (Wildman–Crippen MR) is 65.0 cm³/mol. The highest BCUT2D eigenvalue weighted by Gasteiger charge is 2.26. The van der Waals surface area contributed by atoms with Crippen LogP contribution in [0, 0.1) is 11.6 Å². The van der Waals surface area contributed by atoms with Gasteiger partial charge >= 0.3 is 0 Å². The van der Waals surface area contributed by atoms with E-state index in [0.29, 0.717) is 12.0 Å². The zero-order chi connectivity index (χ0) is 12.3. The summed E-state index contributed by atoms with van der Waals surface area (Å²) < 4.78 is 26.2. The molecule has 0 amide bonds. The molecule has 1 nitrogen and oxygen atoms in total. The first-order valence-electron chi connectivity index (χ1n) is 6.40. The van der Waals surface area contributed by atoms with Gasteiger partial charge in [-0.3, -0.25) is 0 Å². The lowest BCUT2D eigenvalue weighted by Gasteiger charge is -2.32. The van der Waals surface area contributed by atoms with Crippen molar-refractivity contribution in [2.24, 2.45) is 0 Å². The zero-order valence-electron chi connectivity index (χ0n) is 10.2. The number of halogens is 2. The second-order valence-corrected chi connectivity index (χ2v) is 4.73. The summed E-state index contributed by atoms with van der Waals surface area (Å²) >= 11 is 0. The van der Waals surface area contributed by atoms with Crippen molar-refractivity contribution in [3.8, 4) is 0 Å². The molecule has 1 aliphatic rings. The SMILES string of the molecule is CCNC1CCCCC1c1ccc(F)c(F)c1. The molecule has 0 aromatic heterocycles. The van der Waals surface area contributed by atoms with Gasteiger partial charge in [0, 0.05) is 6.04 Å². The molecule has 1 N–H and O–H groups in total. The van der Waals surface area contributed by atoms with Crippen molar-refractivity contribution >= 4 is 0 Å². The Morgan fingerprint density at radius 1 is 1.18 bits per heavy atom. The van der Waals surface area contributed by atoms with E-state index in [0.717, 1.165) is 24.9 Å². The topological polar surface area (TPSA) is 12.0 Å². The first-order valence-corrected chi connectivity index (χ1v) is 6.40. The van der Waals surface area contributed by atoms with E-state index in [1.807, 2.05) is 0 Å². The minimum atomic E-state index is -0.760. The van der Waals surface area contributed by atoms with Gasteiger partial charge in [0.05, 0.1) is 0 Å². The van der Waals surface area contributed by atoms with Crippen molar-refractivity contribution in [3.05, 3.63) is 35.4 Å². The fraction of sp³-hybridized carbons (Fsp3) is 0.571. The van der Waals surface area contributed by atoms with Gasteiger partial charge in [0.25, 0.3) is 0 Å². The second-order valence-electron chi connectivity index (χ2n) is 4.73. The molecule has 94 valence electrons. The third-order valence-corrected chi connectivity index (χ3v) is 3.60. The molecule has 0 radical (unpaired) electrons. The summed E-state index contributed by atoms with van der Waals surface area (Å²) in [6.45, 7) is 3.00. The van der Waals surface area contributed by atoms with Gasteiger partial charge in [-0.25, -0.2) is 8.78 Å². The fourth-order valence-corrected chi connectivity index (χ4v) is 2.78. The van der Waals surface area contributed by atoms with E-state index in [4.69, 9.17) is 0 Å². The molecule has 1 fully saturated rings. The molecule has 0 aliphatic heterocycles. The summed E-state index contributed by atoms with van der Waals surface area (Å²) in [5, 5.41) is 3.45. The average Bonchev–Trinajstić information content (AvgIpc) is 2.34. The van der Waals surface area contributed by atoms with Gasteiger partial charge in [-0.15, -0.1) is 0 Å². The first-order chi connectivity index (χ1) is 8.22. The van der Waals surface area contributed by atoms with E-state index in [9.17, 15) is 8.78 Å². The summed E-state index contributed by atoms with van der Waals surface area (Å²) in [5.74, 6) is -1.17. The standard InChI is InChI=1S/C14H19F2N/c1-2-17-14-6-4-3-5-11(14)10-7-8-12(15)13(16)9-10/h7-9,11,14,17H,2-6H2,1H3. The normalized spacial score (nSPS) is 24.9. The number of nitrogens with one attached hydrogen (secondary N) is 1. The number of rotatable bonds is 3. The molecule has 2 rings (SSSR count). The Kier molecular flexibility index (Phi) is 4.11. The van der Waals surface area contributed by atoms with Crippen LogP contribution in [0.5, 0.6) is 0 Å². The second kappa shape index (κ2) is 5.58. The monoisotopic (exact) mass is 239 g/mol. The molecular formula is C14H19F2N. The lowest BCUT2D eigenvalue weighted by Crippen LogP contribution is -2.37. The predicted octanol–water partition coefficient (Wildman–Crippen LogP) is 3.60. The van der Waals surface area contributed by atoms with Crippen LogP contribution >= 0.6 is 0 Å². The lowest BCUT2D eigenvalue weighted by atomic mass is 9.80. The summed E-state index contributed by atoms with van der Waals surface area (Å²) in [6.07, 6.45) is 4.57. The van der Waals surface area contributed by atoms with Crippen molar-refractivity contribution in [3.63, 3.8) is 0 Å². The maximum atomic E-state index is 13.3. The third-order valence-electron chi connectivity index (χ3n) is 3.60. The third kappa shape index (κ3) is 2.83. The van der Waals surface area contributed by atoms with Crippen molar-refractivity contribution in [1.82, 2.24) is 5.32 Å². The number of hydrogen-bond acceptors (Lipinski definition) is 1. The largest absolute Gasteiger partial charge is 0.314 e. The van der Waals surface area contributed by atoms with Gasteiger partial charge in [-0.1, -0.05) is 25.8 Å². The van der Waals surface area contributed by atoms with Crippen LogP contribution in [0.1, 0.15) is 44.1 Å². The van der Waals surface area contributed by atoms with Gasteiger partial charge in [0.2, 0.25) is 0 Å². The summed E-state index contributed by atoms with van der Waals surface area (Å²) in [6, 6.07) is 4.72. The Morgan fingerprint density at radius 3 is 2.65 bits per heavy atom. The number of benzene rings is 1. The van der Waals surface area contributed by atoms with E-state index in [2.05, 4.69) is 12.2 Å². The van der Waals surface area contributed by atoms with E-state index in [-0.39, 0.29) is 0 Å². The molecule has 17 heavy (non-hydrogen) atoms. The fourth-order valence-electron chi connectivity index (χ4n) is 2.78. The van der Waals surface area contributed by atoms with E-state index in [1.165, 1.54) is 25.0 Å². The van der Waals surface area contributed by atoms with Crippen LogP contribution in [0.2, 0.25) is 0 Å². The molecule has 1 saturated carbocycles. The zero-order valence-corrected chi connectivity index (χ0v) is 10.2. The molecule has 2 unspecified atom stereocenters. The van der Waals surface area contributed by atoms with E-state index >= 15 is 0 Å². The quantitative estimate of drug-likeness (QED) is 0.849.